The topological polar surface area (TPSA) is 45.2 Å². The highest BCUT2D eigenvalue weighted by molar-refractivity contribution is 6.30. The number of nitrogens with one attached hydrogen (secondary N) is 1. The molecule has 1 aliphatic heterocycles. The molecule has 2 aromatic carbocycles. The molecule has 150 valence electrons. The number of likely N-dealkylation sites (tertiary alicyclic amines) is 1. The molecule has 1 saturated heterocycles. The number of hydrogen-bond donors (Lipinski definition) is 1. The zero-order valence-electron chi connectivity index (χ0n) is 16.9. The van der Waals surface area contributed by atoms with Gasteiger partial charge in [-0.15, -0.1) is 0 Å². The van der Waals surface area contributed by atoms with E-state index in [1.54, 1.807) is 0 Å². The van der Waals surface area contributed by atoms with Crippen LogP contribution in [0.3, 0.4) is 0 Å². The molecule has 0 bridgehead atoms. The van der Waals surface area contributed by atoms with Crippen molar-refractivity contribution in [3.8, 4) is 0 Å². The molecule has 1 N–H and O–H groups in total. The predicted molar refractivity (Wildman–Crippen MR) is 119 cm³/mol. The van der Waals surface area contributed by atoms with Gasteiger partial charge in [0.1, 0.15) is 5.15 Å². The average molecular weight is 408 g/mol. The third kappa shape index (κ3) is 4.44. The fourth-order valence-corrected chi connectivity index (χ4v) is 4.17. The molecule has 3 aromatic rings. The van der Waals surface area contributed by atoms with Crippen LogP contribution in [0.5, 0.6) is 0 Å². The molecule has 0 radical (unpaired) electrons. The second kappa shape index (κ2) is 8.52. The first-order valence-corrected chi connectivity index (χ1v) is 10.5. The van der Waals surface area contributed by atoms with Crippen molar-refractivity contribution < 1.29 is 4.79 Å². The Hall–Kier alpha value is -2.43. The molecule has 1 aliphatic rings. The van der Waals surface area contributed by atoms with Crippen molar-refractivity contribution >= 4 is 34.1 Å². The number of fused-ring (bicyclic) bond motifs is 1. The number of amides is 1. The first kappa shape index (κ1) is 19.9. The van der Waals surface area contributed by atoms with Crippen molar-refractivity contribution in [3.05, 3.63) is 70.4 Å². The van der Waals surface area contributed by atoms with Crippen LogP contribution in [-0.2, 0) is 11.3 Å². The molecule has 0 saturated carbocycles. The Balaban J connectivity index is 1.39. The largest absolute Gasteiger partial charge is 0.326 e. The zero-order chi connectivity index (χ0) is 20.4. The van der Waals surface area contributed by atoms with Crippen LogP contribution < -0.4 is 5.32 Å². The van der Waals surface area contributed by atoms with E-state index in [4.69, 9.17) is 11.6 Å². The van der Waals surface area contributed by atoms with E-state index >= 15 is 0 Å². The molecule has 1 aromatic heterocycles. The summed E-state index contributed by atoms with van der Waals surface area (Å²) >= 11 is 6.51. The predicted octanol–water partition coefficient (Wildman–Crippen LogP) is 5.36. The van der Waals surface area contributed by atoms with Crippen LogP contribution in [0.1, 0.15) is 29.5 Å². The summed E-state index contributed by atoms with van der Waals surface area (Å²) in [5.74, 6) is 0.175. The third-order valence-corrected chi connectivity index (χ3v) is 6.26. The molecule has 0 aliphatic carbocycles. The summed E-state index contributed by atoms with van der Waals surface area (Å²) in [6.45, 7) is 6.71. The molecule has 0 atom stereocenters. The van der Waals surface area contributed by atoms with Gasteiger partial charge in [0.2, 0.25) is 5.91 Å². The first-order chi connectivity index (χ1) is 14.0. The van der Waals surface area contributed by atoms with Crippen molar-refractivity contribution in [2.75, 3.05) is 18.4 Å². The number of hydrogen-bond acceptors (Lipinski definition) is 3. The summed E-state index contributed by atoms with van der Waals surface area (Å²) in [5, 5.41) is 4.73. The lowest BCUT2D eigenvalue weighted by Crippen LogP contribution is -2.37. The number of anilines is 1. The number of nitrogens with zero attached hydrogens (tertiary/aromatic N) is 2. The van der Waals surface area contributed by atoms with Gasteiger partial charge in [0.05, 0.1) is 5.52 Å². The smallest absolute Gasteiger partial charge is 0.227 e. The summed E-state index contributed by atoms with van der Waals surface area (Å²) < 4.78 is 0. The number of pyridine rings is 1. The Morgan fingerprint density at radius 2 is 1.86 bits per heavy atom. The van der Waals surface area contributed by atoms with Crippen molar-refractivity contribution in [1.82, 2.24) is 9.88 Å². The van der Waals surface area contributed by atoms with E-state index in [1.165, 1.54) is 11.1 Å². The van der Waals surface area contributed by atoms with Crippen molar-refractivity contribution in [1.29, 1.82) is 0 Å². The normalized spacial score (nSPS) is 15.6. The molecule has 0 unspecified atom stereocenters. The number of para-hydroxylation sites is 1. The quantitative estimate of drug-likeness (QED) is 0.592. The van der Waals surface area contributed by atoms with E-state index in [0.717, 1.165) is 54.6 Å². The summed E-state index contributed by atoms with van der Waals surface area (Å²) in [6, 6.07) is 16.1. The van der Waals surface area contributed by atoms with E-state index in [2.05, 4.69) is 47.2 Å². The van der Waals surface area contributed by atoms with Gasteiger partial charge in [-0.3, -0.25) is 9.69 Å². The minimum atomic E-state index is 0.0577. The molecule has 5 heteroatoms. The number of halogens is 1. The van der Waals surface area contributed by atoms with Crippen LogP contribution in [0.25, 0.3) is 10.9 Å². The van der Waals surface area contributed by atoms with Gasteiger partial charge in [0.15, 0.2) is 0 Å². The molecule has 4 nitrogen and oxygen atoms in total. The number of piperidine rings is 1. The molecule has 4 rings (SSSR count). The maximum absolute atomic E-state index is 12.5. The van der Waals surface area contributed by atoms with Crippen LogP contribution in [0.2, 0.25) is 5.15 Å². The van der Waals surface area contributed by atoms with Crippen LogP contribution in [0, 0.1) is 19.8 Å². The van der Waals surface area contributed by atoms with Gasteiger partial charge >= 0.3 is 0 Å². The van der Waals surface area contributed by atoms with Crippen LogP contribution >= 0.6 is 11.6 Å². The van der Waals surface area contributed by atoms with E-state index in [9.17, 15) is 4.79 Å². The standard InChI is InChI=1S/C24H26ClN3O/c1-16-8-9-19-14-20(23(25)27-22(19)17(16)2)15-28-12-10-18(11-13-28)24(29)26-21-6-4-3-5-7-21/h3-9,14,18H,10-13,15H2,1-2H3,(H,26,29). The SMILES string of the molecule is Cc1ccc2cc(CN3CCC(C(=O)Nc4ccccc4)CC3)c(Cl)nc2c1C. The van der Waals surface area contributed by atoms with Crippen LogP contribution in [0.15, 0.2) is 48.5 Å². The summed E-state index contributed by atoms with van der Waals surface area (Å²) in [4.78, 5) is 19.6. The minimum absolute atomic E-state index is 0.0577. The van der Waals surface area contributed by atoms with Gasteiger partial charge in [-0.1, -0.05) is 41.9 Å². The number of carbonyl (C=O) groups excluding carboxylic acids is 1. The molecule has 1 fully saturated rings. The number of benzene rings is 2. The third-order valence-electron chi connectivity index (χ3n) is 5.93. The minimum Gasteiger partial charge on any atom is -0.326 e. The Morgan fingerprint density at radius 1 is 1.14 bits per heavy atom. The highest BCUT2D eigenvalue weighted by Gasteiger charge is 2.25. The van der Waals surface area contributed by atoms with E-state index in [-0.39, 0.29) is 11.8 Å². The Morgan fingerprint density at radius 3 is 2.59 bits per heavy atom. The lowest BCUT2D eigenvalue weighted by molar-refractivity contribution is -0.121. The first-order valence-electron chi connectivity index (χ1n) is 10.1. The van der Waals surface area contributed by atoms with Gasteiger partial charge in [-0.25, -0.2) is 4.98 Å². The lowest BCUT2D eigenvalue weighted by Gasteiger charge is -2.31. The Bertz CT molecular complexity index is 1030. The molecule has 2 heterocycles. The van der Waals surface area contributed by atoms with E-state index < -0.39 is 0 Å². The van der Waals surface area contributed by atoms with Gasteiger partial charge in [0.25, 0.3) is 0 Å². The summed E-state index contributed by atoms with van der Waals surface area (Å²) in [7, 11) is 0. The number of aromatic nitrogens is 1. The second-order valence-corrected chi connectivity index (χ2v) is 8.28. The van der Waals surface area contributed by atoms with Crippen molar-refractivity contribution in [2.24, 2.45) is 5.92 Å². The zero-order valence-corrected chi connectivity index (χ0v) is 17.7. The highest BCUT2D eigenvalue weighted by atomic mass is 35.5. The number of rotatable bonds is 4. The molecular weight excluding hydrogens is 382 g/mol. The molecule has 1 amide bonds. The monoisotopic (exact) mass is 407 g/mol. The molecule has 0 spiro atoms. The number of carbonyl (C=O) groups is 1. The Kier molecular flexibility index (Phi) is 5.84. The van der Waals surface area contributed by atoms with Gasteiger partial charge < -0.3 is 5.32 Å². The Labute approximate surface area is 176 Å². The fourth-order valence-electron chi connectivity index (χ4n) is 3.97. The van der Waals surface area contributed by atoms with E-state index in [1.807, 2.05) is 30.3 Å². The number of aryl methyl sites for hydroxylation is 2. The van der Waals surface area contributed by atoms with Gasteiger partial charge in [-0.2, -0.15) is 0 Å². The maximum Gasteiger partial charge on any atom is 0.227 e. The van der Waals surface area contributed by atoms with Crippen LogP contribution in [-0.4, -0.2) is 28.9 Å². The molecular formula is C24H26ClN3O. The second-order valence-electron chi connectivity index (χ2n) is 7.92. The van der Waals surface area contributed by atoms with Crippen molar-refractivity contribution in [2.45, 2.75) is 33.2 Å². The highest BCUT2D eigenvalue weighted by Crippen LogP contribution is 2.27. The summed E-state index contributed by atoms with van der Waals surface area (Å²) in [6.07, 6.45) is 1.71. The fraction of sp³-hybridized carbons (Fsp3) is 0.333. The van der Waals surface area contributed by atoms with Gasteiger partial charge in [-0.05, 0) is 69.1 Å². The average Bonchev–Trinajstić information content (AvgIpc) is 2.73. The van der Waals surface area contributed by atoms with E-state index in [0.29, 0.717) is 5.15 Å². The van der Waals surface area contributed by atoms with Crippen molar-refractivity contribution in [3.63, 3.8) is 0 Å². The summed E-state index contributed by atoms with van der Waals surface area (Å²) in [5.41, 5.74) is 5.30. The molecule has 29 heavy (non-hydrogen) atoms. The van der Waals surface area contributed by atoms with Gasteiger partial charge in [0, 0.05) is 29.1 Å². The van der Waals surface area contributed by atoms with Crippen LogP contribution in [0.4, 0.5) is 5.69 Å². The lowest BCUT2D eigenvalue weighted by atomic mass is 9.95. The maximum atomic E-state index is 12.5.